The van der Waals surface area contributed by atoms with E-state index in [1.807, 2.05) is 0 Å². The number of aliphatic hydroxyl groups is 1. The van der Waals surface area contributed by atoms with Crippen molar-refractivity contribution < 1.29 is 5.11 Å². The summed E-state index contributed by atoms with van der Waals surface area (Å²) >= 11 is 0. The third-order valence-electron chi connectivity index (χ3n) is 4.96. The summed E-state index contributed by atoms with van der Waals surface area (Å²) in [6, 6.07) is 6.87. The molecule has 0 heterocycles. The standard InChI is InChI=1S/C22H33NO/c1-2-3-4-5-8-18-10-11-20-16-21(13-12-19(20)15-18)22(17-23)9-6-7-14-24/h5,8,12-13,15-16,22,24H,2-4,6-7,9-11,14,17,23H2,1H3/b8-5+/t22-/m0/s1. The summed E-state index contributed by atoms with van der Waals surface area (Å²) in [5, 5.41) is 8.95. The van der Waals surface area contributed by atoms with Gasteiger partial charge in [-0.25, -0.2) is 0 Å². The van der Waals surface area contributed by atoms with Crippen molar-refractivity contribution in [2.24, 2.45) is 5.73 Å². The summed E-state index contributed by atoms with van der Waals surface area (Å²) in [5.41, 5.74) is 11.6. The van der Waals surface area contributed by atoms with Crippen LogP contribution in [0.3, 0.4) is 0 Å². The first kappa shape index (κ1) is 19.0. The quantitative estimate of drug-likeness (QED) is 0.596. The second-order valence-corrected chi connectivity index (χ2v) is 6.87. The molecular weight excluding hydrogens is 294 g/mol. The first-order chi connectivity index (χ1) is 11.8. The zero-order valence-corrected chi connectivity index (χ0v) is 15.1. The molecule has 0 aliphatic heterocycles. The van der Waals surface area contributed by atoms with Crippen molar-refractivity contribution in [1.82, 2.24) is 0 Å². The molecule has 0 bridgehead atoms. The molecular formula is C22H33NO. The van der Waals surface area contributed by atoms with Crippen LogP contribution in [0, 0.1) is 0 Å². The Balaban J connectivity index is 2.04. The molecule has 0 aromatic heterocycles. The van der Waals surface area contributed by atoms with Crippen LogP contribution < -0.4 is 5.73 Å². The molecule has 0 radical (unpaired) electrons. The van der Waals surface area contributed by atoms with Gasteiger partial charge in [-0.15, -0.1) is 0 Å². The van der Waals surface area contributed by atoms with E-state index in [2.05, 4.69) is 43.4 Å². The summed E-state index contributed by atoms with van der Waals surface area (Å²) < 4.78 is 0. The molecule has 0 amide bonds. The zero-order valence-electron chi connectivity index (χ0n) is 15.1. The van der Waals surface area contributed by atoms with Gasteiger partial charge in [0, 0.05) is 6.61 Å². The first-order valence-corrected chi connectivity index (χ1v) is 9.59. The number of allylic oxidation sites excluding steroid dienone is 3. The molecule has 1 aromatic carbocycles. The average Bonchev–Trinajstić information content (AvgIpc) is 2.62. The second-order valence-electron chi connectivity index (χ2n) is 6.87. The molecule has 2 heteroatoms. The van der Waals surface area contributed by atoms with Crippen LogP contribution in [0.4, 0.5) is 0 Å². The van der Waals surface area contributed by atoms with Gasteiger partial charge in [0.05, 0.1) is 0 Å². The van der Waals surface area contributed by atoms with Gasteiger partial charge in [0.25, 0.3) is 0 Å². The molecule has 0 fully saturated rings. The zero-order chi connectivity index (χ0) is 17.2. The number of hydrogen-bond acceptors (Lipinski definition) is 2. The van der Waals surface area contributed by atoms with Crippen LogP contribution in [0.25, 0.3) is 6.08 Å². The number of nitrogens with two attached hydrogens (primary N) is 1. The monoisotopic (exact) mass is 327 g/mol. The molecule has 2 nitrogen and oxygen atoms in total. The van der Waals surface area contributed by atoms with Crippen molar-refractivity contribution in [2.45, 2.75) is 64.2 Å². The number of rotatable bonds is 10. The highest BCUT2D eigenvalue weighted by atomic mass is 16.2. The van der Waals surface area contributed by atoms with Gasteiger partial charge in [-0.1, -0.05) is 62.6 Å². The average molecular weight is 328 g/mol. The van der Waals surface area contributed by atoms with E-state index in [0.717, 1.165) is 32.1 Å². The van der Waals surface area contributed by atoms with Gasteiger partial charge in [0.15, 0.2) is 0 Å². The molecule has 1 aliphatic carbocycles. The molecule has 0 unspecified atom stereocenters. The highest BCUT2D eigenvalue weighted by Crippen LogP contribution is 2.29. The lowest BCUT2D eigenvalue weighted by atomic mass is 9.86. The largest absolute Gasteiger partial charge is 0.396 e. The third-order valence-corrected chi connectivity index (χ3v) is 4.96. The molecule has 1 atom stereocenters. The van der Waals surface area contributed by atoms with Gasteiger partial charge in [-0.2, -0.15) is 0 Å². The summed E-state index contributed by atoms with van der Waals surface area (Å²) in [4.78, 5) is 0. The van der Waals surface area contributed by atoms with Crippen LogP contribution in [0.5, 0.6) is 0 Å². The van der Waals surface area contributed by atoms with Crippen molar-refractivity contribution in [3.8, 4) is 0 Å². The molecule has 0 spiro atoms. The van der Waals surface area contributed by atoms with E-state index >= 15 is 0 Å². The highest BCUT2D eigenvalue weighted by molar-refractivity contribution is 5.62. The van der Waals surface area contributed by atoms with Crippen molar-refractivity contribution in [1.29, 1.82) is 0 Å². The molecule has 24 heavy (non-hydrogen) atoms. The summed E-state index contributed by atoms with van der Waals surface area (Å²) in [6.45, 7) is 3.20. The fraction of sp³-hybridized carbons (Fsp3) is 0.545. The minimum atomic E-state index is 0.279. The Kier molecular flexibility index (Phi) is 8.27. The SMILES string of the molecule is CCCC/C=C/C1=Cc2ccc([C@H](CN)CCCCO)cc2CC1. The van der Waals surface area contributed by atoms with Crippen LogP contribution in [0.15, 0.2) is 35.9 Å². The number of hydrogen-bond donors (Lipinski definition) is 2. The van der Waals surface area contributed by atoms with Gasteiger partial charge >= 0.3 is 0 Å². The first-order valence-electron chi connectivity index (χ1n) is 9.59. The Labute approximate surface area is 147 Å². The van der Waals surface area contributed by atoms with Gasteiger partial charge in [-0.05, 0) is 66.8 Å². The predicted octanol–water partition coefficient (Wildman–Crippen LogP) is 4.97. The minimum absolute atomic E-state index is 0.279. The van der Waals surface area contributed by atoms with Gasteiger partial charge in [-0.3, -0.25) is 0 Å². The smallest absolute Gasteiger partial charge is 0.0431 e. The highest BCUT2D eigenvalue weighted by Gasteiger charge is 2.14. The Morgan fingerprint density at radius 1 is 1.21 bits per heavy atom. The number of aliphatic hydroxyl groups excluding tert-OH is 1. The predicted molar refractivity (Wildman–Crippen MR) is 104 cm³/mol. The minimum Gasteiger partial charge on any atom is -0.396 e. The number of benzene rings is 1. The van der Waals surface area contributed by atoms with Crippen LogP contribution in [-0.4, -0.2) is 18.3 Å². The van der Waals surface area contributed by atoms with E-state index in [0.29, 0.717) is 12.5 Å². The molecule has 2 rings (SSSR count). The Bertz CT molecular complexity index is 559. The maximum atomic E-state index is 8.95. The third kappa shape index (κ3) is 5.61. The molecule has 132 valence electrons. The number of fused-ring (bicyclic) bond motifs is 1. The van der Waals surface area contributed by atoms with Crippen molar-refractivity contribution in [3.63, 3.8) is 0 Å². The normalized spacial score (nSPS) is 15.4. The van der Waals surface area contributed by atoms with E-state index in [1.54, 1.807) is 0 Å². The maximum absolute atomic E-state index is 8.95. The van der Waals surface area contributed by atoms with E-state index in [9.17, 15) is 0 Å². The number of aryl methyl sites for hydroxylation is 1. The molecule has 1 aliphatic rings. The molecule has 1 aromatic rings. The van der Waals surface area contributed by atoms with Crippen LogP contribution in [-0.2, 0) is 6.42 Å². The Morgan fingerprint density at radius 2 is 2.08 bits per heavy atom. The Morgan fingerprint density at radius 3 is 2.83 bits per heavy atom. The molecule has 3 N–H and O–H groups in total. The summed E-state index contributed by atoms with van der Waals surface area (Å²) in [6.07, 6.45) is 15.9. The molecule has 0 saturated carbocycles. The Hall–Kier alpha value is -1.38. The van der Waals surface area contributed by atoms with E-state index in [4.69, 9.17) is 10.8 Å². The maximum Gasteiger partial charge on any atom is 0.0431 e. The van der Waals surface area contributed by atoms with Crippen LogP contribution >= 0.6 is 0 Å². The van der Waals surface area contributed by atoms with Crippen molar-refractivity contribution >= 4 is 6.08 Å². The lowest BCUT2D eigenvalue weighted by molar-refractivity contribution is 0.281. The fourth-order valence-corrected chi connectivity index (χ4v) is 3.40. The molecule has 0 saturated heterocycles. The van der Waals surface area contributed by atoms with Crippen LogP contribution in [0.2, 0.25) is 0 Å². The topological polar surface area (TPSA) is 46.2 Å². The van der Waals surface area contributed by atoms with E-state index in [-0.39, 0.29) is 6.61 Å². The van der Waals surface area contributed by atoms with E-state index < -0.39 is 0 Å². The second kappa shape index (κ2) is 10.5. The van der Waals surface area contributed by atoms with Crippen molar-refractivity contribution in [2.75, 3.05) is 13.2 Å². The van der Waals surface area contributed by atoms with Crippen LogP contribution in [0.1, 0.15) is 74.5 Å². The van der Waals surface area contributed by atoms with E-state index in [1.165, 1.54) is 41.5 Å². The van der Waals surface area contributed by atoms with Crippen molar-refractivity contribution in [3.05, 3.63) is 52.6 Å². The summed E-state index contributed by atoms with van der Waals surface area (Å²) in [7, 11) is 0. The van der Waals surface area contributed by atoms with Gasteiger partial charge in [0.1, 0.15) is 0 Å². The summed E-state index contributed by atoms with van der Waals surface area (Å²) in [5.74, 6) is 0.418. The fourth-order valence-electron chi connectivity index (χ4n) is 3.40. The lowest BCUT2D eigenvalue weighted by Crippen LogP contribution is -2.13. The van der Waals surface area contributed by atoms with Gasteiger partial charge in [0.2, 0.25) is 0 Å². The lowest BCUT2D eigenvalue weighted by Gasteiger charge is -2.20. The van der Waals surface area contributed by atoms with Gasteiger partial charge < -0.3 is 10.8 Å². The number of unbranched alkanes of at least 4 members (excludes halogenated alkanes) is 3.